The van der Waals surface area contributed by atoms with Crippen molar-refractivity contribution >= 4 is 5.91 Å². The molecule has 4 rings (SSSR count). The highest BCUT2D eigenvalue weighted by atomic mass is 16.2. The Balaban J connectivity index is 1.69. The Bertz CT molecular complexity index is 888. The van der Waals surface area contributed by atoms with Crippen LogP contribution in [0, 0.1) is 13.8 Å². The Morgan fingerprint density at radius 2 is 1.54 bits per heavy atom. The number of amides is 1. The summed E-state index contributed by atoms with van der Waals surface area (Å²) in [4.78, 5) is 17.4. The monoisotopic (exact) mass is 374 g/mol. The molecule has 3 aromatic rings. The molecule has 1 saturated carbocycles. The number of hydrogen-bond acceptors (Lipinski definition) is 3. The number of nitrogens with one attached hydrogen (secondary N) is 1. The van der Waals surface area contributed by atoms with E-state index in [0.717, 1.165) is 24.1 Å². The van der Waals surface area contributed by atoms with Crippen LogP contribution in [0.3, 0.4) is 0 Å². The summed E-state index contributed by atoms with van der Waals surface area (Å²) in [6.45, 7) is 4.10. The quantitative estimate of drug-likeness (QED) is 0.725. The van der Waals surface area contributed by atoms with Crippen molar-refractivity contribution in [2.24, 2.45) is 0 Å². The molecular formula is C23H26N4O. The molecule has 2 aromatic carbocycles. The molecule has 0 atom stereocenters. The van der Waals surface area contributed by atoms with Gasteiger partial charge in [-0.25, -0.2) is 9.67 Å². The number of aromatic nitrogens is 3. The zero-order valence-electron chi connectivity index (χ0n) is 16.5. The van der Waals surface area contributed by atoms with Gasteiger partial charge in [-0.1, -0.05) is 66.8 Å². The summed E-state index contributed by atoms with van der Waals surface area (Å²) in [5, 5.41) is 7.69. The maximum absolute atomic E-state index is 12.8. The van der Waals surface area contributed by atoms with E-state index in [0.29, 0.717) is 5.82 Å². The molecule has 1 aliphatic carbocycles. The lowest BCUT2D eigenvalue weighted by Gasteiger charge is -2.21. The predicted molar refractivity (Wildman–Crippen MR) is 111 cm³/mol. The van der Waals surface area contributed by atoms with Gasteiger partial charge < -0.3 is 5.32 Å². The predicted octanol–water partition coefficient (Wildman–Crippen LogP) is 4.61. The van der Waals surface area contributed by atoms with Crippen molar-refractivity contribution in [1.82, 2.24) is 20.1 Å². The highest BCUT2D eigenvalue weighted by molar-refractivity contribution is 5.91. The average molecular weight is 374 g/mol. The summed E-state index contributed by atoms with van der Waals surface area (Å²) in [5.41, 5.74) is 4.19. The van der Waals surface area contributed by atoms with E-state index in [4.69, 9.17) is 0 Å². The van der Waals surface area contributed by atoms with Gasteiger partial charge in [-0.2, -0.15) is 0 Å². The minimum Gasteiger partial charge on any atom is -0.347 e. The van der Waals surface area contributed by atoms with E-state index in [2.05, 4.69) is 29.2 Å². The van der Waals surface area contributed by atoms with Crippen LogP contribution in [0.5, 0.6) is 0 Å². The van der Waals surface area contributed by atoms with E-state index in [9.17, 15) is 4.79 Å². The number of carbonyl (C=O) groups excluding carboxylic acids is 1. The second kappa shape index (κ2) is 7.97. The van der Waals surface area contributed by atoms with Crippen molar-refractivity contribution < 1.29 is 4.79 Å². The standard InChI is InChI=1S/C23H26N4O/c1-16-8-12-18(13-9-16)22-25-21(23(28)24-19-6-4-3-5-7-19)26-27(22)20-14-10-17(2)11-15-20/h8-15,19H,3-7H2,1-2H3,(H,24,28). The molecule has 1 fully saturated rings. The van der Waals surface area contributed by atoms with E-state index in [1.165, 1.54) is 30.4 Å². The van der Waals surface area contributed by atoms with Gasteiger partial charge in [-0.15, -0.1) is 5.10 Å². The molecule has 1 aliphatic rings. The van der Waals surface area contributed by atoms with Crippen LogP contribution in [0.2, 0.25) is 0 Å². The molecule has 144 valence electrons. The Labute approximate surface area is 165 Å². The number of benzene rings is 2. The van der Waals surface area contributed by atoms with Gasteiger partial charge >= 0.3 is 0 Å². The van der Waals surface area contributed by atoms with Gasteiger partial charge in [0.2, 0.25) is 5.82 Å². The van der Waals surface area contributed by atoms with Crippen LogP contribution in [0.15, 0.2) is 48.5 Å². The third-order valence-corrected chi connectivity index (χ3v) is 5.34. The van der Waals surface area contributed by atoms with Crippen molar-refractivity contribution in [3.8, 4) is 17.1 Å². The van der Waals surface area contributed by atoms with Gasteiger partial charge in [0.25, 0.3) is 5.91 Å². The summed E-state index contributed by atoms with van der Waals surface area (Å²) in [7, 11) is 0. The molecule has 28 heavy (non-hydrogen) atoms. The second-order valence-corrected chi connectivity index (χ2v) is 7.68. The number of carbonyl (C=O) groups is 1. The SMILES string of the molecule is Cc1ccc(-c2nc(C(=O)NC3CCCCC3)nn2-c2ccc(C)cc2)cc1. The normalized spacial score (nSPS) is 14.8. The molecule has 0 radical (unpaired) electrons. The minimum absolute atomic E-state index is 0.189. The molecule has 0 saturated heterocycles. The first-order chi connectivity index (χ1) is 13.6. The van der Waals surface area contributed by atoms with Crippen LogP contribution in [-0.2, 0) is 0 Å². The number of hydrogen-bond donors (Lipinski definition) is 1. The molecule has 5 heteroatoms. The second-order valence-electron chi connectivity index (χ2n) is 7.68. The fourth-order valence-corrected chi connectivity index (χ4v) is 3.66. The number of rotatable bonds is 4. The van der Waals surface area contributed by atoms with Crippen molar-refractivity contribution in [3.63, 3.8) is 0 Å². The molecular weight excluding hydrogens is 348 g/mol. The third kappa shape index (κ3) is 3.98. The summed E-state index contributed by atoms with van der Waals surface area (Å²) < 4.78 is 1.76. The molecule has 1 amide bonds. The lowest BCUT2D eigenvalue weighted by molar-refractivity contribution is 0.0917. The van der Waals surface area contributed by atoms with E-state index in [-0.39, 0.29) is 17.8 Å². The summed E-state index contributed by atoms with van der Waals surface area (Å²) in [6.07, 6.45) is 5.67. The van der Waals surface area contributed by atoms with E-state index in [1.807, 2.05) is 48.5 Å². The zero-order valence-corrected chi connectivity index (χ0v) is 16.5. The average Bonchev–Trinajstić information content (AvgIpc) is 3.15. The molecule has 1 heterocycles. The van der Waals surface area contributed by atoms with Gasteiger partial charge in [0.05, 0.1) is 5.69 Å². The molecule has 0 unspecified atom stereocenters. The summed E-state index contributed by atoms with van der Waals surface area (Å²) in [5.74, 6) is 0.713. The van der Waals surface area contributed by atoms with Gasteiger partial charge in [0, 0.05) is 11.6 Å². The van der Waals surface area contributed by atoms with Crippen molar-refractivity contribution in [2.75, 3.05) is 0 Å². The Hall–Kier alpha value is -2.95. The minimum atomic E-state index is -0.189. The third-order valence-electron chi connectivity index (χ3n) is 5.34. The van der Waals surface area contributed by atoms with Crippen LogP contribution < -0.4 is 5.32 Å². The number of aryl methyl sites for hydroxylation is 2. The summed E-state index contributed by atoms with van der Waals surface area (Å²) >= 11 is 0. The molecule has 0 spiro atoms. The largest absolute Gasteiger partial charge is 0.347 e. The first-order valence-electron chi connectivity index (χ1n) is 10.0. The lowest BCUT2D eigenvalue weighted by atomic mass is 9.95. The Morgan fingerprint density at radius 3 is 2.18 bits per heavy atom. The molecule has 1 aromatic heterocycles. The zero-order chi connectivity index (χ0) is 19.5. The summed E-state index contributed by atoms with van der Waals surface area (Å²) in [6, 6.07) is 16.5. The first kappa shape index (κ1) is 18.4. The van der Waals surface area contributed by atoms with Crippen LogP contribution in [0.1, 0.15) is 53.8 Å². The Kier molecular flexibility index (Phi) is 5.24. The molecule has 5 nitrogen and oxygen atoms in total. The lowest BCUT2D eigenvalue weighted by Crippen LogP contribution is -2.36. The highest BCUT2D eigenvalue weighted by Crippen LogP contribution is 2.23. The smallest absolute Gasteiger partial charge is 0.291 e. The fraction of sp³-hybridized carbons (Fsp3) is 0.348. The fourth-order valence-electron chi connectivity index (χ4n) is 3.66. The van der Waals surface area contributed by atoms with Crippen molar-refractivity contribution in [1.29, 1.82) is 0 Å². The van der Waals surface area contributed by atoms with Gasteiger partial charge in [-0.05, 0) is 38.8 Å². The highest BCUT2D eigenvalue weighted by Gasteiger charge is 2.22. The Morgan fingerprint density at radius 1 is 0.929 bits per heavy atom. The van der Waals surface area contributed by atoms with Crippen LogP contribution >= 0.6 is 0 Å². The maximum Gasteiger partial charge on any atom is 0.291 e. The van der Waals surface area contributed by atoms with Gasteiger partial charge in [0.15, 0.2) is 5.82 Å². The van der Waals surface area contributed by atoms with Gasteiger partial charge in [0.1, 0.15) is 0 Å². The van der Waals surface area contributed by atoms with Crippen molar-refractivity contribution in [2.45, 2.75) is 52.0 Å². The van der Waals surface area contributed by atoms with Crippen LogP contribution in [-0.4, -0.2) is 26.7 Å². The van der Waals surface area contributed by atoms with E-state index >= 15 is 0 Å². The molecule has 0 aliphatic heterocycles. The van der Waals surface area contributed by atoms with E-state index in [1.54, 1.807) is 4.68 Å². The van der Waals surface area contributed by atoms with E-state index < -0.39 is 0 Å². The van der Waals surface area contributed by atoms with Crippen LogP contribution in [0.4, 0.5) is 0 Å². The number of nitrogens with zero attached hydrogens (tertiary/aromatic N) is 3. The maximum atomic E-state index is 12.8. The van der Waals surface area contributed by atoms with Gasteiger partial charge in [-0.3, -0.25) is 4.79 Å². The molecule has 1 N–H and O–H groups in total. The first-order valence-corrected chi connectivity index (χ1v) is 10.0. The molecule has 0 bridgehead atoms. The van der Waals surface area contributed by atoms with Crippen molar-refractivity contribution in [3.05, 3.63) is 65.5 Å². The van der Waals surface area contributed by atoms with Crippen LogP contribution in [0.25, 0.3) is 17.1 Å². The topological polar surface area (TPSA) is 59.8 Å².